The second kappa shape index (κ2) is 8.59. The van der Waals surface area contributed by atoms with Crippen LogP contribution in [0.2, 0.25) is 0 Å². The number of allylic oxidation sites excluding steroid dienone is 2. The number of hydrogen-bond donors (Lipinski definition) is 1. The third-order valence-corrected chi connectivity index (χ3v) is 5.81. The van der Waals surface area contributed by atoms with E-state index in [0.717, 1.165) is 23.9 Å². The van der Waals surface area contributed by atoms with Crippen molar-refractivity contribution in [3.05, 3.63) is 48.1 Å². The Kier molecular flexibility index (Phi) is 7.00. The smallest absolute Gasteiger partial charge is 0.200 e. The van der Waals surface area contributed by atoms with Crippen LogP contribution in [0.25, 0.3) is 0 Å². The molecule has 0 spiro atoms. The highest BCUT2D eigenvalue weighted by Crippen LogP contribution is 2.40. The van der Waals surface area contributed by atoms with Crippen LogP contribution in [-0.2, 0) is 0 Å². The standard InChI is InChI=1S/C16H12Br6N4O/c1-2-26-9-5-3-4-6-10(9)27-12(26)8-7-11-23-13(15(17,18)19)25-14(24-11)16(20,21)22/h3-8H,2H2,1H3,(H,23,24,25). The molecule has 11 heteroatoms. The number of fused-ring (bicyclic) bond motifs is 1. The van der Waals surface area contributed by atoms with E-state index < -0.39 is 4.29 Å². The lowest BCUT2D eigenvalue weighted by molar-refractivity contribution is 0.440. The van der Waals surface area contributed by atoms with Gasteiger partial charge in [-0.3, -0.25) is 0 Å². The molecule has 0 saturated carbocycles. The first kappa shape index (κ1) is 22.0. The van der Waals surface area contributed by atoms with Crippen LogP contribution < -0.4 is 15.0 Å². The van der Waals surface area contributed by atoms with Crippen molar-refractivity contribution in [1.82, 2.24) is 5.32 Å². The molecular formula is C16H12Br6N4O. The fourth-order valence-corrected chi connectivity index (χ4v) is 3.54. The SMILES string of the molecule is CCN1C(=CC=C2N=C(C(Br)(Br)Br)NC(C(Br)(Br)Br)=N2)Oc2ccccc21. The number of halogens is 6. The summed E-state index contributed by atoms with van der Waals surface area (Å²) >= 11 is 20.9. The van der Waals surface area contributed by atoms with Crippen molar-refractivity contribution >= 4 is 113 Å². The molecule has 2 aliphatic rings. The van der Waals surface area contributed by atoms with E-state index in [-0.39, 0.29) is 0 Å². The van der Waals surface area contributed by atoms with Crippen LogP contribution in [-0.4, -0.2) is 22.5 Å². The zero-order valence-electron chi connectivity index (χ0n) is 13.7. The number of para-hydroxylation sites is 2. The minimum absolute atomic E-state index is 0.507. The molecule has 0 aromatic heterocycles. The van der Waals surface area contributed by atoms with Gasteiger partial charge in [-0.05, 0) is 25.1 Å². The first-order valence-corrected chi connectivity index (χ1v) is 12.4. The fraction of sp³-hybridized carbons (Fsp3) is 0.250. The van der Waals surface area contributed by atoms with Crippen LogP contribution in [0.3, 0.4) is 0 Å². The van der Waals surface area contributed by atoms with Crippen LogP contribution >= 0.6 is 95.6 Å². The zero-order valence-corrected chi connectivity index (χ0v) is 23.2. The van der Waals surface area contributed by atoms with Gasteiger partial charge in [-0.15, -0.1) is 0 Å². The lowest BCUT2D eigenvalue weighted by Crippen LogP contribution is -2.45. The van der Waals surface area contributed by atoms with Crippen LogP contribution in [0.5, 0.6) is 5.75 Å². The van der Waals surface area contributed by atoms with Crippen LogP contribution in [0.1, 0.15) is 6.92 Å². The number of alkyl halides is 6. The lowest BCUT2D eigenvalue weighted by atomic mass is 10.3. The highest BCUT2D eigenvalue weighted by molar-refractivity contribution is 9.40. The highest BCUT2D eigenvalue weighted by Gasteiger charge is 2.35. The summed E-state index contributed by atoms with van der Waals surface area (Å²) in [4.78, 5) is 11.2. The van der Waals surface area contributed by atoms with Crippen LogP contribution in [0, 0.1) is 0 Å². The van der Waals surface area contributed by atoms with E-state index in [1.54, 1.807) is 0 Å². The second-order valence-corrected chi connectivity index (χ2v) is 18.9. The fourth-order valence-electron chi connectivity index (χ4n) is 2.41. The lowest BCUT2D eigenvalue weighted by Gasteiger charge is -2.26. The van der Waals surface area contributed by atoms with E-state index in [2.05, 4.69) is 123 Å². The van der Waals surface area contributed by atoms with Gasteiger partial charge in [0, 0.05) is 12.6 Å². The van der Waals surface area contributed by atoms with Crippen molar-refractivity contribution in [1.29, 1.82) is 0 Å². The molecule has 0 atom stereocenters. The number of amidine groups is 2. The molecule has 0 aliphatic carbocycles. The number of benzene rings is 1. The molecule has 1 aromatic rings. The van der Waals surface area contributed by atoms with Crippen molar-refractivity contribution in [2.75, 3.05) is 11.4 Å². The van der Waals surface area contributed by atoms with Crippen molar-refractivity contribution < 1.29 is 4.74 Å². The Labute approximate surface area is 207 Å². The normalized spacial score (nSPS) is 18.6. The molecule has 2 heterocycles. The predicted molar refractivity (Wildman–Crippen MR) is 133 cm³/mol. The summed E-state index contributed by atoms with van der Waals surface area (Å²) < 4.78 is 4.54. The molecule has 3 rings (SSSR count). The summed E-state index contributed by atoms with van der Waals surface area (Å²) in [6.07, 6.45) is 3.67. The maximum atomic E-state index is 5.96. The van der Waals surface area contributed by atoms with E-state index >= 15 is 0 Å². The average Bonchev–Trinajstić information content (AvgIpc) is 2.95. The summed E-state index contributed by atoms with van der Waals surface area (Å²) in [5.41, 5.74) is 1.05. The van der Waals surface area contributed by atoms with Crippen molar-refractivity contribution in [3.63, 3.8) is 0 Å². The molecule has 1 N–H and O–H groups in total. The Bertz CT molecular complexity index is 834. The number of hydrogen-bond acceptors (Lipinski definition) is 5. The first-order chi connectivity index (χ1) is 12.6. The minimum Gasteiger partial charge on any atom is -0.439 e. The van der Waals surface area contributed by atoms with Gasteiger partial charge >= 0.3 is 0 Å². The summed E-state index contributed by atoms with van der Waals surface area (Å²) in [5.74, 6) is 3.24. The summed E-state index contributed by atoms with van der Waals surface area (Å²) in [6.45, 7) is 2.87. The number of ether oxygens (including phenoxy) is 1. The monoisotopic (exact) mass is 750 g/mol. The molecule has 2 aliphatic heterocycles. The van der Waals surface area contributed by atoms with E-state index in [0.29, 0.717) is 17.5 Å². The minimum atomic E-state index is -0.714. The van der Waals surface area contributed by atoms with Gasteiger partial charge in [-0.2, -0.15) is 0 Å². The molecule has 0 amide bonds. The van der Waals surface area contributed by atoms with Crippen LogP contribution in [0.4, 0.5) is 5.69 Å². The van der Waals surface area contributed by atoms with Gasteiger partial charge in [-0.1, -0.05) is 108 Å². The van der Waals surface area contributed by atoms with Gasteiger partial charge < -0.3 is 15.0 Å². The molecule has 0 saturated heterocycles. The maximum Gasteiger partial charge on any atom is 0.200 e. The zero-order chi connectivity index (χ0) is 19.8. The van der Waals surface area contributed by atoms with Crippen LogP contribution in [0.15, 0.2) is 58.1 Å². The number of anilines is 1. The van der Waals surface area contributed by atoms with Gasteiger partial charge in [0.05, 0.1) is 5.69 Å². The quantitative estimate of drug-likeness (QED) is 0.344. The largest absolute Gasteiger partial charge is 0.439 e. The molecule has 5 nitrogen and oxygen atoms in total. The Balaban J connectivity index is 1.97. The third kappa shape index (κ3) is 5.28. The Morgan fingerprint density at radius 1 is 1.00 bits per heavy atom. The highest BCUT2D eigenvalue weighted by atomic mass is 80.0. The van der Waals surface area contributed by atoms with Crippen molar-refractivity contribution in [2.24, 2.45) is 9.98 Å². The number of nitrogens with one attached hydrogen (secondary N) is 1. The first-order valence-electron chi connectivity index (χ1n) is 7.65. The van der Waals surface area contributed by atoms with E-state index in [4.69, 9.17) is 4.74 Å². The van der Waals surface area contributed by atoms with E-state index in [1.165, 1.54) is 0 Å². The Morgan fingerprint density at radius 2 is 1.59 bits per heavy atom. The summed E-state index contributed by atoms with van der Waals surface area (Å²) in [5, 5.41) is 3.14. The van der Waals surface area contributed by atoms with Gasteiger partial charge in [0.1, 0.15) is 11.7 Å². The number of aliphatic imine (C=N–C) groups is 2. The van der Waals surface area contributed by atoms with Crippen molar-refractivity contribution in [2.45, 2.75) is 11.2 Å². The Hall–Kier alpha value is 0.320. The molecule has 0 radical (unpaired) electrons. The number of rotatable bonds is 2. The van der Waals surface area contributed by atoms with Gasteiger partial charge in [0.2, 0.25) is 5.88 Å². The predicted octanol–water partition coefficient (Wildman–Crippen LogP) is 6.67. The summed E-state index contributed by atoms with van der Waals surface area (Å²) in [7, 11) is 0. The summed E-state index contributed by atoms with van der Waals surface area (Å²) in [6, 6.07) is 7.94. The van der Waals surface area contributed by atoms with Gasteiger partial charge in [-0.25, -0.2) is 9.98 Å². The molecule has 27 heavy (non-hydrogen) atoms. The molecule has 144 valence electrons. The Morgan fingerprint density at radius 3 is 2.15 bits per heavy atom. The molecule has 0 unspecified atom stereocenters. The second-order valence-electron chi connectivity index (χ2n) is 5.39. The van der Waals surface area contributed by atoms with Crippen molar-refractivity contribution in [3.8, 4) is 5.75 Å². The van der Waals surface area contributed by atoms with Gasteiger partial charge in [0.15, 0.2) is 15.9 Å². The molecule has 1 aromatic carbocycles. The molecular weight excluding hydrogens is 744 g/mol. The van der Waals surface area contributed by atoms with E-state index in [1.807, 2.05) is 36.4 Å². The molecule has 0 fully saturated rings. The molecule has 0 bridgehead atoms. The van der Waals surface area contributed by atoms with E-state index in [9.17, 15) is 0 Å². The topological polar surface area (TPSA) is 49.2 Å². The average molecular weight is 756 g/mol. The third-order valence-electron chi connectivity index (χ3n) is 3.55. The number of nitrogens with zero attached hydrogens (tertiary/aromatic N) is 3. The van der Waals surface area contributed by atoms with Gasteiger partial charge in [0.25, 0.3) is 0 Å². The maximum absolute atomic E-state index is 5.96.